The van der Waals surface area contributed by atoms with Gasteiger partial charge in [0.25, 0.3) is 0 Å². The minimum absolute atomic E-state index is 0.667. The van der Waals surface area contributed by atoms with E-state index in [9.17, 15) is 0 Å². The monoisotopic (exact) mass is 399 g/mol. The molecule has 0 saturated carbocycles. The highest BCUT2D eigenvalue weighted by molar-refractivity contribution is 7.75. The first-order chi connectivity index (χ1) is 13.2. The summed E-state index contributed by atoms with van der Waals surface area (Å²) in [4.78, 5) is 0. The maximum absolute atomic E-state index is 2.37. The first kappa shape index (κ1) is 27.4. The van der Waals surface area contributed by atoms with Gasteiger partial charge < -0.3 is 0 Å². The Kier molecular flexibility index (Phi) is 21.5. The molecule has 0 nitrogen and oxygen atoms in total. The summed E-state index contributed by atoms with van der Waals surface area (Å²) in [5.74, 6) is 0. The van der Waals surface area contributed by atoms with E-state index in [4.69, 9.17) is 0 Å². The van der Waals surface area contributed by atoms with Gasteiger partial charge in [0, 0.05) is 7.26 Å². The molecule has 27 heavy (non-hydrogen) atoms. The van der Waals surface area contributed by atoms with Gasteiger partial charge in [0.15, 0.2) is 0 Å². The van der Waals surface area contributed by atoms with Crippen LogP contribution >= 0.6 is 7.26 Å². The molecule has 0 fully saturated rings. The zero-order valence-electron chi connectivity index (χ0n) is 20.0. The maximum Gasteiger partial charge on any atom is 0.0594 e. The average molecular weight is 400 g/mol. The summed E-state index contributed by atoms with van der Waals surface area (Å²) < 4.78 is 0. The molecule has 0 rings (SSSR count). The molecule has 0 atom stereocenters. The normalized spacial score (nSPS) is 12.0. The Morgan fingerprint density at radius 3 is 0.852 bits per heavy atom. The van der Waals surface area contributed by atoms with Gasteiger partial charge >= 0.3 is 0 Å². The number of rotatable bonds is 22. The summed E-state index contributed by atoms with van der Waals surface area (Å²) >= 11 is 0. The molecule has 0 aliphatic carbocycles. The van der Waals surface area contributed by atoms with E-state index in [0.29, 0.717) is 0 Å². The lowest BCUT2D eigenvalue weighted by atomic mass is 10.1. The zero-order valence-corrected chi connectivity index (χ0v) is 20.9. The molecule has 0 aromatic rings. The fraction of sp³-hybridized carbons (Fsp3) is 1.00. The number of unbranched alkanes of at least 4 members (excludes halogenated alkanes) is 14. The highest BCUT2D eigenvalue weighted by atomic mass is 31.2. The lowest BCUT2D eigenvalue weighted by Gasteiger charge is -2.28. The third-order valence-electron chi connectivity index (χ3n) is 6.44. The summed E-state index contributed by atoms with van der Waals surface area (Å²) in [6, 6.07) is 0. The van der Waals surface area contributed by atoms with E-state index in [2.05, 4.69) is 27.7 Å². The van der Waals surface area contributed by atoms with Gasteiger partial charge in [-0.2, -0.15) is 0 Å². The van der Waals surface area contributed by atoms with Crippen LogP contribution in [0.4, 0.5) is 0 Å². The van der Waals surface area contributed by atoms with Gasteiger partial charge in [0.05, 0.1) is 24.6 Å². The molecule has 0 aromatic carbocycles. The summed E-state index contributed by atoms with van der Waals surface area (Å²) in [5.41, 5.74) is 0. The predicted octanol–water partition coefficient (Wildman–Crippen LogP) is 10.1. The Hall–Kier alpha value is 0.430. The van der Waals surface area contributed by atoms with Crippen molar-refractivity contribution in [3.8, 4) is 0 Å². The molecule has 0 saturated heterocycles. The number of hydrogen-bond donors (Lipinski definition) is 0. The van der Waals surface area contributed by atoms with Gasteiger partial charge in [-0.25, -0.2) is 0 Å². The van der Waals surface area contributed by atoms with Crippen LogP contribution in [0.2, 0.25) is 0 Å². The van der Waals surface area contributed by atoms with Crippen LogP contribution in [-0.4, -0.2) is 24.6 Å². The third kappa shape index (κ3) is 17.0. The molecule has 0 N–H and O–H groups in total. The highest BCUT2D eigenvalue weighted by Gasteiger charge is 2.34. The van der Waals surface area contributed by atoms with Gasteiger partial charge in [-0.05, 0) is 38.5 Å². The van der Waals surface area contributed by atoms with E-state index in [0.717, 1.165) is 0 Å². The second-order valence-electron chi connectivity index (χ2n) is 9.19. The number of hydrogen-bond acceptors (Lipinski definition) is 0. The average Bonchev–Trinajstić information content (AvgIpc) is 2.67. The molecule has 0 spiro atoms. The van der Waals surface area contributed by atoms with E-state index in [1.807, 2.05) is 0 Å². The minimum Gasteiger partial charge on any atom is -0.0654 e. The summed E-state index contributed by atoms with van der Waals surface area (Å²) in [5, 5.41) is 0. The molecule has 0 unspecified atom stereocenters. The molecule has 0 amide bonds. The predicted molar refractivity (Wildman–Crippen MR) is 132 cm³/mol. The standard InChI is InChI=1S/C26H56P/c1-5-9-13-15-17-21-25-27(23-19-11-7-3,24-20-12-8-4)26-22-18-16-14-10-6-2/h5-26H2,1-4H3/q+1. The van der Waals surface area contributed by atoms with Crippen molar-refractivity contribution in [2.45, 2.75) is 143 Å². The summed E-state index contributed by atoms with van der Waals surface area (Å²) in [6.45, 7) is 9.41. The minimum atomic E-state index is -0.667. The summed E-state index contributed by atoms with van der Waals surface area (Å²) in [6.07, 6.45) is 33.1. The van der Waals surface area contributed by atoms with Crippen LogP contribution < -0.4 is 0 Å². The van der Waals surface area contributed by atoms with Crippen molar-refractivity contribution in [3.05, 3.63) is 0 Å². The van der Waals surface area contributed by atoms with E-state index < -0.39 is 7.26 Å². The Morgan fingerprint density at radius 2 is 0.519 bits per heavy atom. The Balaban J connectivity index is 4.52. The molecule has 0 aliphatic heterocycles. The molecular weight excluding hydrogens is 343 g/mol. The van der Waals surface area contributed by atoms with Gasteiger partial charge in [-0.15, -0.1) is 0 Å². The van der Waals surface area contributed by atoms with Crippen LogP contribution in [0.15, 0.2) is 0 Å². The molecule has 1 heteroatoms. The fourth-order valence-electron chi connectivity index (χ4n) is 4.52. The maximum atomic E-state index is 2.37. The Morgan fingerprint density at radius 1 is 0.296 bits per heavy atom. The van der Waals surface area contributed by atoms with Crippen LogP contribution in [0.1, 0.15) is 143 Å². The second-order valence-corrected chi connectivity index (χ2v) is 13.7. The molecule has 0 radical (unpaired) electrons. The third-order valence-corrected chi connectivity index (χ3v) is 11.5. The molecule has 0 aliphatic rings. The topological polar surface area (TPSA) is 0 Å². The van der Waals surface area contributed by atoms with Gasteiger partial charge in [0.2, 0.25) is 0 Å². The Labute approximate surface area is 175 Å². The zero-order chi connectivity index (χ0) is 20.1. The van der Waals surface area contributed by atoms with E-state index >= 15 is 0 Å². The van der Waals surface area contributed by atoms with Crippen molar-refractivity contribution in [3.63, 3.8) is 0 Å². The fourth-order valence-corrected chi connectivity index (χ4v) is 9.44. The van der Waals surface area contributed by atoms with Crippen LogP contribution in [-0.2, 0) is 0 Å². The van der Waals surface area contributed by atoms with Crippen molar-refractivity contribution in [1.82, 2.24) is 0 Å². The first-order valence-electron chi connectivity index (χ1n) is 13.1. The van der Waals surface area contributed by atoms with Crippen molar-refractivity contribution >= 4 is 7.26 Å². The van der Waals surface area contributed by atoms with Crippen LogP contribution in [0.5, 0.6) is 0 Å². The van der Waals surface area contributed by atoms with Gasteiger partial charge in [-0.1, -0.05) is 105 Å². The molecular formula is C26H56P+. The van der Waals surface area contributed by atoms with E-state index in [-0.39, 0.29) is 0 Å². The Bertz CT molecular complexity index is 245. The van der Waals surface area contributed by atoms with E-state index in [1.165, 1.54) is 103 Å². The molecule has 0 heterocycles. The van der Waals surface area contributed by atoms with Crippen molar-refractivity contribution in [1.29, 1.82) is 0 Å². The van der Waals surface area contributed by atoms with Crippen LogP contribution in [0.3, 0.4) is 0 Å². The smallest absolute Gasteiger partial charge is 0.0594 e. The van der Waals surface area contributed by atoms with Gasteiger partial charge in [-0.3, -0.25) is 0 Å². The van der Waals surface area contributed by atoms with Crippen molar-refractivity contribution in [2.24, 2.45) is 0 Å². The first-order valence-corrected chi connectivity index (χ1v) is 15.6. The quantitative estimate of drug-likeness (QED) is 0.125. The largest absolute Gasteiger partial charge is 0.0654 e. The van der Waals surface area contributed by atoms with Crippen molar-refractivity contribution in [2.75, 3.05) is 24.6 Å². The second kappa shape index (κ2) is 21.1. The molecule has 0 aromatic heterocycles. The lowest BCUT2D eigenvalue weighted by molar-refractivity contribution is 0.619. The molecule has 164 valence electrons. The van der Waals surface area contributed by atoms with Crippen LogP contribution in [0, 0.1) is 0 Å². The summed E-state index contributed by atoms with van der Waals surface area (Å²) in [7, 11) is -0.667. The van der Waals surface area contributed by atoms with Crippen LogP contribution in [0.25, 0.3) is 0 Å². The lowest BCUT2D eigenvalue weighted by Crippen LogP contribution is -2.13. The van der Waals surface area contributed by atoms with Gasteiger partial charge in [0.1, 0.15) is 0 Å². The highest BCUT2D eigenvalue weighted by Crippen LogP contribution is 2.61. The molecule has 0 bridgehead atoms. The van der Waals surface area contributed by atoms with E-state index in [1.54, 1.807) is 37.5 Å². The SMILES string of the molecule is CCCCCCCC[P+](CCCCC)(CCCCC)CCCCCCCC. The van der Waals surface area contributed by atoms with Crippen molar-refractivity contribution < 1.29 is 0 Å².